The number of nitrogens with zero attached hydrogens (tertiary/aromatic N) is 2. The zero-order valence-electron chi connectivity index (χ0n) is 17.9. The molecule has 2 aromatic rings. The average Bonchev–Trinajstić information content (AvgIpc) is 2.74. The maximum absolute atomic E-state index is 13.3. The fraction of sp³-hybridized carbons (Fsp3) is 0.435. The zero-order chi connectivity index (χ0) is 22.6. The van der Waals surface area contributed by atoms with Crippen LogP contribution in [0.2, 0.25) is 0 Å². The summed E-state index contributed by atoms with van der Waals surface area (Å²) < 4.78 is 50.5. The number of halogens is 3. The first-order chi connectivity index (χ1) is 14.7. The van der Waals surface area contributed by atoms with Crippen LogP contribution in [0.4, 0.5) is 18.9 Å². The van der Waals surface area contributed by atoms with E-state index in [4.69, 9.17) is 9.47 Å². The number of piperidine rings is 1. The molecule has 0 N–H and O–H groups in total. The van der Waals surface area contributed by atoms with Crippen molar-refractivity contribution in [3.8, 4) is 11.5 Å². The van der Waals surface area contributed by atoms with Gasteiger partial charge in [0, 0.05) is 44.4 Å². The molecule has 1 amide bonds. The number of ether oxygens (including phenoxy) is 2. The monoisotopic (exact) mass is 436 g/mol. The molecule has 1 fully saturated rings. The van der Waals surface area contributed by atoms with Gasteiger partial charge < -0.3 is 14.4 Å². The number of hydrogen-bond acceptors (Lipinski definition) is 4. The molecule has 0 spiro atoms. The van der Waals surface area contributed by atoms with Gasteiger partial charge in [0.1, 0.15) is 0 Å². The standard InChI is InChI=1S/C23H27F3N2O3/c1-16(29)28(19-8-9-21(30-2)22(14-19)31-3)18-10-12-27(13-11-18)15-17-6-4-5-7-20(17)23(24,25)26/h4-9,14,18H,10-13,15H2,1-3H3. The Bertz CT molecular complexity index is 909. The molecule has 1 aliphatic rings. The molecule has 1 heterocycles. The van der Waals surface area contributed by atoms with Gasteiger partial charge in [-0.05, 0) is 36.6 Å². The van der Waals surface area contributed by atoms with Gasteiger partial charge in [0.25, 0.3) is 0 Å². The highest BCUT2D eigenvalue weighted by atomic mass is 19.4. The summed E-state index contributed by atoms with van der Waals surface area (Å²) >= 11 is 0. The number of amides is 1. The van der Waals surface area contributed by atoms with Crippen molar-refractivity contribution in [2.45, 2.75) is 38.5 Å². The number of alkyl halides is 3. The van der Waals surface area contributed by atoms with Crippen LogP contribution in [-0.2, 0) is 17.5 Å². The molecule has 8 heteroatoms. The number of methoxy groups -OCH3 is 2. The van der Waals surface area contributed by atoms with Crippen molar-refractivity contribution < 1.29 is 27.4 Å². The maximum atomic E-state index is 13.3. The van der Waals surface area contributed by atoms with Gasteiger partial charge in [-0.15, -0.1) is 0 Å². The molecular formula is C23H27F3N2O3. The lowest BCUT2D eigenvalue weighted by Crippen LogP contribution is -2.46. The van der Waals surface area contributed by atoms with E-state index in [1.54, 1.807) is 30.2 Å². The maximum Gasteiger partial charge on any atom is 0.416 e. The van der Waals surface area contributed by atoms with Gasteiger partial charge in [-0.2, -0.15) is 13.2 Å². The summed E-state index contributed by atoms with van der Waals surface area (Å²) in [6, 6.07) is 11.0. The van der Waals surface area contributed by atoms with Crippen molar-refractivity contribution in [1.82, 2.24) is 4.90 Å². The topological polar surface area (TPSA) is 42.0 Å². The van der Waals surface area contributed by atoms with Crippen LogP contribution in [0.15, 0.2) is 42.5 Å². The van der Waals surface area contributed by atoms with Crippen LogP contribution < -0.4 is 14.4 Å². The van der Waals surface area contributed by atoms with Gasteiger partial charge in [0.05, 0.1) is 19.8 Å². The number of rotatable bonds is 6. The largest absolute Gasteiger partial charge is 0.493 e. The fourth-order valence-corrected chi connectivity index (χ4v) is 4.14. The highest BCUT2D eigenvalue weighted by Gasteiger charge is 2.34. The lowest BCUT2D eigenvalue weighted by atomic mass is 10.00. The molecule has 2 aromatic carbocycles. The Balaban J connectivity index is 1.71. The van der Waals surface area contributed by atoms with E-state index in [1.807, 2.05) is 11.0 Å². The Morgan fingerprint density at radius 1 is 1.06 bits per heavy atom. The fourth-order valence-electron chi connectivity index (χ4n) is 4.14. The quantitative estimate of drug-likeness (QED) is 0.656. The first kappa shape index (κ1) is 22.9. The van der Waals surface area contributed by atoms with E-state index >= 15 is 0 Å². The van der Waals surface area contributed by atoms with Gasteiger partial charge in [-0.3, -0.25) is 9.69 Å². The summed E-state index contributed by atoms with van der Waals surface area (Å²) in [5, 5.41) is 0. The van der Waals surface area contributed by atoms with Crippen LogP contribution in [-0.4, -0.2) is 44.2 Å². The molecule has 0 saturated carbocycles. The minimum absolute atomic E-state index is 0.0373. The third kappa shape index (κ3) is 5.31. The van der Waals surface area contributed by atoms with Crippen LogP contribution in [0.25, 0.3) is 0 Å². The number of carbonyl (C=O) groups is 1. The van der Waals surface area contributed by atoms with Crippen molar-refractivity contribution in [3.63, 3.8) is 0 Å². The van der Waals surface area contributed by atoms with Gasteiger partial charge >= 0.3 is 6.18 Å². The van der Waals surface area contributed by atoms with E-state index in [0.717, 1.165) is 6.07 Å². The van der Waals surface area contributed by atoms with E-state index in [-0.39, 0.29) is 24.1 Å². The second-order valence-electron chi connectivity index (χ2n) is 7.59. The molecular weight excluding hydrogens is 409 g/mol. The first-order valence-corrected chi connectivity index (χ1v) is 10.1. The molecule has 5 nitrogen and oxygen atoms in total. The normalized spacial score (nSPS) is 15.5. The minimum atomic E-state index is -4.37. The predicted molar refractivity (Wildman–Crippen MR) is 112 cm³/mol. The SMILES string of the molecule is COc1ccc(N(C(C)=O)C2CCN(Cc3ccccc3C(F)(F)F)CC2)cc1OC. The Morgan fingerprint density at radius 2 is 1.71 bits per heavy atom. The molecule has 3 rings (SSSR count). The van der Waals surface area contributed by atoms with Crippen molar-refractivity contribution in [2.24, 2.45) is 0 Å². The Labute approximate surface area is 180 Å². The summed E-state index contributed by atoms with van der Waals surface area (Å²) in [5.74, 6) is 1.02. The van der Waals surface area contributed by atoms with Crippen LogP contribution in [0.1, 0.15) is 30.9 Å². The molecule has 0 radical (unpaired) electrons. The molecule has 0 bridgehead atoms. The molecule has 0 aliphatic carbocycles. The Kier molecular flexibility index (Phi) is 7.10. The molecule has 0 aromatic heterocycles. The number of carbonyl (C=O) groups excluding carboxylic acids is 1. The summed E-state index contributed by atoms with van der Waals surface area (Å²) in [6.45, 7) is 2.96. The van der Waals surface area contributed by atoms with E-state index < -0.39 is 11.7 Å². The number of likely N-dealkylation sites (tertiary alicyclic amines) is 1. The lowest BCUT2D eigenvalue weighted by Gasteiger charge is -2.38. The molecule has 0 atom stereocenters. The highest BCUT2D eigenvalue weighted by molar-refractivity contribution is 5.92. The van der Waals surface area contributed by atoms with Crippen molar-refractivity contribution in [1.29, 1.82) is 0 Å². The van der Waals surface area contributed by atoms with Gasteiger partial charge in [0.15, 0.2) is 11.5 Å². The third-order valence-electron chi connectivity index (χ3n) is 5.62. The average molecular weight is 436 g/mol. The van der Waals surface area contributed by atoms with Gasteiger partial charge in [-0.25, -0.2) is 0 Å². The third-order valence-corrected chi connectivity index (χ3v) is 5.62. The highest BCUT2D eigenvalue weighted by Crippen LogP contribution is 2.35. The Hall–Kier alpha value is -2.74. The van der Waals surface area contributed by atoms with E-state index in [9.17, 15) is 18.0 Å². The number of hydrogen-bond donors (Lipinski definition) is 0. The zero-order valence-corrected chi connectivity index (χ0v) is 17.9. The van der Waals surface area contributed by atoms with Crippen molar-refractivity contribution in [2.75, 3.05) is 32.2 Å². The molecule has 0 unspecified atom stereocenters. The van der Waals surface area contributed by atoms with E-state index in [1.165, 1.54) is 26.2 Å². The van der Waals surface area contributed by atoms with Gasteiger partial charge in [0.2, 0.25) is 5.91 Å². The van der Waals surface area contributed by atoms with E-state index in [2.05, 4.69) is 0 Å². The molecule has 1 saturated heterocycles. The number of benzene rings is 2. The molecule has 31 heavy (non-hydrogen) atoms. The predicted octanol–water partition coefficient (Wildman–Crippen LogP) is 4.74. The molecule has 168 valence electrons. The minimum Gasteiger partial charge on any atom is -0.493 e. The van der Waals surface area contributed by atoms with Crippen LogP contribution in [0.3, 0.4) is 0 Å². The van der Waals surface area contributed by atoms with E-state index in [0.29, 0.717) is 43.1 Å². The number of anilines is 1. The smallest absolute Gasteiger partial charge is 0.416 e. The summed E-state index contributed by atoms with van der Waals surface area (Å²) in [4.78, 5) is 16.2. The summed E-state index contributed by atoms with van der Waals surface area (Å²) in [6.07, 6.45) is -3.03. The van der Waals surface area contributed by atoms with Crippen LogP contribution in [0, 0.1) is 0 Å². The molecule has 1 aliphatic heterocycles. The van der Waals surface area contributed by atoms with Gasteiger partial charge in [-0.1, -0.05) is 18.2 Å². The van der Waals surface area contributed by atoms with Crippen molar-refractivity contribution in [3.05, 3.63) is 53.6 Å². The van der Waals surface area contributed by atoms with Crippen LogP contribution in [0.5, 0.6) is 11.5 Å². The van der Waals surface area contributed by atoms with Crippen molar-refractivity contribution >= 4 is 11.6 Å². The second-order valence-corrected chi connectivity index (χ2v) is 7.59. The lowest BCUT2D eigenvalue weighted by molar-refractivity contribution is -0.138. The van der Waals surface area contributed by atoms with Crippen LogP contribution >= 0.6 is 0 Å². The summed E-state index contributed by atoms with van der Waals surface area (Å²) in [7, 11) is 3.09. The first-order valence-electron chi connectivity index (χ1n) is 10.1. The Morgan fingerprint density at radius 3 is 2.29 bits per heavy atom. The second kappa shape index (κ2) is 9.60. The summed E-state index contributed by atoms with van der Waals surface area (Å²) in [5.41, 5.74) is 0.399.